The van der Waals surface area contributed by atoms with E-state index in [9.17, 15) is 0 Å². The number of rotatable bonds is 0. The van der Waals surface area contributed by atoms with Gasteiger partial charge in [-0.25, -0.2) is 4.98 Å². The first kappa shape index (κ1) is 6.83. The van der Waals surface area contributed by atoms with Gasteiger partial charge in [-0.05, 0) is 24.3 Å². The zero-order chi connectivity index (χ0) is 7.84. The van der Waals surface area contributed by atoms with Crippen molar-refractivity contribution in [3.63, 3.8) is 0 Å². The zero-order valence-electron chi connectivity index (χ0n) is 6.96. The van der Waals surface area contributed by atoms with Gasteiger partial charge in [0.25, 0.3) is 0 Å². The molecule has 0 radical (unpaired) electrons. The van der Waals surface area contributed by atoms with Crippen LogP contribution in [0.25, 0.3) is 0 Å². The molecule has 1 aliphatic carbocycles. The van der Waals surface area contributed by atoms with Gasteiger partial charge in [0.05, 0.1) is 0 Å². The lowest BCUT2D eigenvalue weighted by atomic mass is 9.92. The van der Waals surface area contributed by atoms with Crippen LogP contribution in [0.5, 0.6) is 0 Å². The predicted octanol–water partition coefficient (Wildman–Crippen LogP) is -0.215. The molecular formula is C8H11BN2. The van der Waals surface area contributed by atoms with Crippen LogP contribution < -0.4 is 5.59 Å². The van der Waals surface area contributed by atoms with E-state index < -0.39 is 0 Å². The number of hydrogen-bond donors (Lipinski definition) is 0. The summed E-state index contributed by atoms with van der Waals surface area (Å²) in [5, 5.41) is 0. The topological polar surface area (TPSA) is 25.8 Å². The number of nitrogens with zero attached hydrogens (tertiary/aromatic N) is 2. The summed E-state index contributed by atoms with van der Waals surface area (Å²) in [5.41, 5.74) is 3.83. The highest BCUT2D eigenvalue weighted by molar-refractivity contribution is 6.31. The Hall–Kier alpha value is -0.855. The van der Waals surface area contributed by atoms with E-state index in [-0.39, 0.29) is 0 Å². The molecule has 0 unspecified atom stereocenters. The molecule has 0 saturated heterocycles. The average Bonchev–Trinajstić information content (AvgIpc) is 2.34. The molecule has 1 aliphatic rings. The smallest absolute Gasteiger partial charge is 0.164 e. The summed E-state index contributed by atoms with van der Waals surface area (Å²) in [7, 11) is 2.07. The van der Waals surface area contributed by atoms with Crippen LogP contribution in [0.2, 0.25) is 0 Å². The zero-order valence-corrected chi connectivity index (χ0v) is 6.96. The summed E-state index contributed by atoms with van der Waals surface area (Å²) in [6, 6.07) is 0. The molecule has 0 aromatic carbocycles. The molecule has 56 valence electrons. The third kappa shape index (κ3) is 0.952. The second-order valence-electron chi connectivity index (χ2n) is 3.26. The van der Waals surface area contributed by atoms with Crippen molar-refractivity contribution in [2.24, 2.45) is 0 Å². The fraction of sp³-hybridized carbons (Fsp3) is 0.500. The van der Waals surface area contributed by atoms with Gasteiger partial charge in [0, 0.05) is 11.3 Å². The van der Waals surface area contributed by atoms with Gasteiger partial charge in [-0.3, -0.25) is 4.98 Å². The molecule has 0 aliphatic heterocycles. The minimum Gasteiger partial charge on any atom is -0.252 e. The van der Waals surface area contributed by atoms with Crippen LogP contribution in [0.15, 0.2) is 6.33 Å². The first-order valence-electron chi connectivity index (χ1n) is 4.09. The Bertz CT molecular complexity index is 285. The maximum absolute atomic E-state index is 4.26. The van der Waals surface area contributed by atoms with Crippen molar-refractivity contribution in [1.29, 1.82) is 0 Å². The van der Waals surface area contributed by atoms with Crippen molar-refractivity contribution in [1.82, 2.24) is 9.97 Å². The maximum atomic E-state index is 4.26. The molecule has 2 rings (SSSR count). The Morgan fingerprint density at radius 2 is 2.36 bits per heavy atom. The van der Waals surface area contributed by atoms with E-state index >= 15 is 0 Å². The monoisotopic (exact) mass is 146 g/mol. The fourth-order valence-electron chi connectivity index (χ4n) is 1.87. The molecular weight excluding hydrogens is 135 g/mol. The lowest BCUT2D eigenvalue weighted by molar-refractivity contribution is 0.747. The summed E-state index contributed by atoms with van der Waals surface area (Å²) >= 11 is 0. The molecule has 1 aromatic heterocycles. The predicted molar refractivity (Wildman–Crippen MR) is 46.9 cm³/mol. The standard InChI is InChI=1S/C8H11BN2/c1-5-2-3-6-7(5)8(9)11-4-10-6/h4-5H,2-3,9H2,1H3/t5-/m1/s1. The van der Waals surface area contributed by atoms with Gasteiger partial charge >= 0.3 is 0 Å². The highest BCUT2D eigenvalue weighted by Crippen LogP contribution is 2.28. The molecule has 2 nitrogen and oxygen atoms in total. The summed E-state index contributed by atoms with van der Waals surface area (Å²) < 4.78 is 0. The van der Waals surface area contributed by atoms with Crippen molar-refractivity contribution in [3.05, 3.63) is 17.6 Å². The highest BCUT2D eigenvalue weighted by atomic mass is 14.8. The fourth-order valence-corrected chi connectivity index (χ4v) is 1.87. The number of hydrogen-bond acceptors (Lipinski definition) is 2. The quantitative estimate of drug-likeness (QED) is 0.473. The lowest BCUT2D eigenvalue weighted by Crippen LogP contribution is -2.16. The van der Waals surface area contributed by atoms with Gasteiger partial charge in [0.1, 0.15) is 6.33 Å². The molecule has 0 amide bonds. The van der Waals surface area contributed by atoms with E-state index in [2.05, 4.69) is 24.7 Å². The molecule has 0 N–H and O–H groups in total. The Morgan fingerprint density at radius 3 is 3.09 bits per heavy atom. The Labute approximate surface area is 67.5 Å². The number of fused-ring (bicyclic) bond motifs is 1. The van der Waals surface area contributed by atoms with Crippen molar-refractivity contribution in [3.8, 4) is 0 Å². The Morgan fingerprint density at radius 1 is 1.55 bits per heavy atom. The SMILES string of the molecule is Bc1ncnc2c1[C@H](C)CC2. The van der Waals surface area contributed by atoms with E-state index in [1.165, 1.54) is 23.3 Å². The lowest BCUT2D eigenvalue weighted by Gasteiger charge is -2.05. The second kappa shape index (κ2) is 2.33. The molecule has 3 heteroatoms. The molecule has 0 spiro atoms. The normalized spacial score (nSPS) is 21.7. The van der Waals surface area contributed by atoms with E-state index in [1.807, 2.05) is 0 Å². The van der Waals surface area contributed by atoms with Gasteiger partial charge in [0.2, 0.25) is 0 Å². The van der Waals surface area contributed by atoms with Crippen LogP contribution in [0, 0.1) is 0 Å². The van der Waals surface area contributed by atoms with Crippen molar-refractivity contribution >= 4 is 13.4 Å². The van der Waals surface area contributed by atoms with E-state index in [4.69, 9.17) is 0 Å². The maximum Gasteiger partial charge on any atom is 0.164 e. The largest absolute Gasteiger partial charge is 0.252 e. The van der Waals surface area contributed by atoms with Crippen molar-refractivity contribution in [2.75, 3.05) is 0 Å². The first-order chi connectivity index (χ1) is 5.29. The van der Waals surface area contributed by atoms with Crippen LogP contribution >= 0.6 is 0 Å². The van der Waals surface area contributed by atoms with Crippen LogP contribution in [0.3, 0.4) is 0 Å². The molecule has 1 atom stereocenters. The number of aryl methyl sites for hydroxylation is 1. The minimum atomic E-state index is 0.672. The Balaban J connectivity index is 2.58. The molecule has 0 fully saturated rings. The average molecular weight is 146 g/mol. The second-order valence-corrected chi connectivity index (χ2v) is 3.26. The summed E-state index contributed by atoms with van der Waals surface area (Å²) in [4.78, 5) is 8.45. The van der Waals surface area contributed by atoms with Gasteiger partial charge in [0.15, 0.2) is 7.85 Å². The molecule has 0 saturated carbocycles. The third-order valence-electron chi connectivity index (χ3n) is 2.47. The first-order valence-corrected chi connectivity index (χ1v) is 4.09. The summed E-state index contributed by atoms with van der Waals surface area (Å²) in [5.74, 6) is 0.672. The van der Waals surface area contributed by atoms with Crippen LogP contribution in [0.1, 0.15) is 30.5 Å². The van der Waals surface area contributed by atoms with Crippen molar-refractivity contribution < 1.29 is 0 Å². The molecule has 11 heavy (non-hydrogen) atoms. The van der Waals surface area contributed by atoms with Gasteiger partial charge < -0.3 is 0 Å². The highest BCUT2D eigenvalue weighted by Gasteiger charge is 2.21. The number of aromatic nitrogens is 2. The van der Waals surface area contributed by atoms with E-state index in [0.29, 0.717) is 5.92 Å². The van der Waals surface area contributed by atoms with Crippen LogP contribution in [0.4, 0.5) is 0 Å². The van der Waals surface area contributed by atoms with E-state index in [1.54, 1.807) is 6.33 Å². The molecule has 1 aromatic rings. The molecule has 0 bridgehead atoms. The van der Waals surface area contributed by atoms with Crippen molar-refractivity contribution in [2.45, 2.75) is 25.7 Å². The van der Waals surface area contributed by atoms with E-state index in [0.717, 1.165) is 6.42 Å². The molecule has 1 heterocycles. The van der Waals surface area contributed by atoms with Crippen LogP contribution in [-0.4, -0.2) is 17.8 Å². The third-order valence-corrected chi connectivity index (χ3v) is 2.47. The Kier molecular flexibility index (Phi) is 1.45. The van der Waals surface area contributed by atoms with Gasteiger partial charge in [-0.15, -0.1) is 0 Å². The van der Waals surface area contributed by atoms with Gasteiger partial charge in [-0.1, -0.05) is 6.92 Å². The summed E-state index contributed by atoms with van der Waals surface area (Å²) in [6.45, 7) is 2.25. The summed E-state index contributed by atoms with van der Waals surface area (Å²) in [6.07, 6.45) is 4.06. The minimum absolute atomic E-state index is 0.672. The van der Waals surface area contributed by atoms with Gasteiger partial charge in [-0.2, -0.15) is 0 Å². The van der Waals surface area contributed by atoms with Crippen LogP contribution in [-0.2, 0) is 6.42 Å².